The van der Waals surface area contributed by atoms with Crippen LogP contribution in [0, 0.1) is 0 Å². The predicted octanol–water partition coefficient (Wildman–Crippen LogP) is 15.1. The minimum absolute atomic E-state index is 0.119. The van der Waals surface area contributed by atoms with Crippen molar-refractivity contribution < 1.29 is 4.42 Å². The molecule has 56 heavy (non-hydrogen) atoms. The normalized spacial score (nSPS) is 14.6. The summed E-state index contributed by atoms with van der Waals surface area (Å²) in [6.07, 6.45) is 0. The zero-order valence-electron chi connectivity index (χ0n) is 31.4. The zero-order valence-corrected chi connectivity index (χ0v) is 32.2. The van der Waals surface area contributed by atoms with Gasteiger partial charge >= 0.3 is 0 Å². The Hall–Kier alpha value is -6.42. The van der Waals surface area contributed by atoms with Gasteiger partial charge in [0.25, 0.3) is 0 Å². The molecular formula is C53H37NOS. The van der Waals surface area contributed by atoms with Gasteiger partial charge < -0.3 is 9.32 Å². The van der Waals surface area contributed by atoms with E-state index in [9.17, 15) is 0 Å². The van der Waals surface area contributed by atoms with Crippen molar-refractivity contribution >= 4 is 70.5 Å². The minimum atomic E-state index is -0.360. The first-order valence-corrected chi connectivity index (χ1v) is 20.3. The number of rotatable bonds is 4. The first kappa shape index (κ1) is 31.9. The molecule has 0 N–H and O–H groups in total. The van der Waals surface area contributed by atoms with Gasteiger partial charge in [-0.25, -0.2) is 0 Å². The Labute approximate surface area is 329 Å². The van der Waals surface area contributed by atoms with Crippen molar-refractivity contribution in [1.29, 1.82) is 0 Å². The Balaban J connectivity index is 1.09. The van der Waals surface area contributed by atoms with Crippen molar-refractivity contribution in [2.75, 3.05) is 4.90 Å². The van der Waals surface area contributed by atoms with E-state index in [1.165, 1.54) is 75.9 Å². The van der Waals surface area contributed by atoms with Crippen LogP contribution in [0.25, 0.3) is 64.4 Å². The molecule has 2 aliphatic carbocycles. The Morgan fingerprint density at radius 2 is 1.02 bits per heavy atom. The summed E-state index contributed by atoms with van der Waals surface area (Å²) in [6.45, 7) is 7.09. The van der Waals surface area contributed by atoms with Crippen LogP contribution in [0.5, 0.6) is 0 Å². The molecule has 2 heterocycles. The van der Waals surface area contributed by atoms with E-state index >= 15 is 0 Å². The maximum absolute atomic E-state index is 6.95. The molecule has 0 spiro atoms. The maximum Gasteiger partial charge on any atom is 0.139 e. The molecule has 0 radical (unpaired) electrons. The van der Waals surface area contributed by atoms with Crippen molar-refractivity contribution in [1.82, 2.24) is 0 Å². The van der Waals surface area contributed by atoms with Gasteiger partial charge in [0, 0.05) is 54.0 Å². The summed E-state index contributed by atoms with van der Waals surface area (Å²) in [5.41, 5.74) is 16.6. The highest BCUT2D eigenvalue weighted by atomic mass is 32.1. The third-order valence-electron chi connectivity index (χ3n) is 12.9. The summed E-state index contributed by atoms with van der Waals surface area (Å²) < 4.78 is 9.53. The average Bonchev–Trinajstić information content (AvgIpc) is 3.95. The van der Waals surface area contributed by atoms with E-state index in [1.54, 1.807) is 0 Å². The fourth-order valence-electron chi connectivity index (χ4n) is 10.2. The van der Waals surface area contributed by atoms with Crippen LogP contribution in [-0.4, -0.2) is 0 Å². The molecule has 0 bridgehead atoms. The number of furan rings is 1. The molecule has 0 unspecified atom stereocenters. The number of nitrogens with zero attached hydrogens (tertiary/aromatic N) is 1. The molecule has 2 nitrogen and oxygen atoms in total. The second-order valence-corrected chi connectivity index (χ2v) is 17.2. The lowest BCUT2D eigenvalue weighted by molar-refractivity contribution is 0.638. The van der Waals surface area contributed by atoms with E-state index in [0.717, 1.165) is 33.3 Å². The number of hydrogen-bond donors (Lipinski definition) is 0. The topological polar surface area (TPSA) is 16.4 Å². The summed E-state index contributed by atoms with van der Waals surface area (Å²) in [5.74, 6) is 0. The van der Waals surface area contributed by atoms with Crippen LogP contribution in [-0.2, 0) is 10.8 Å². The first-order valence-electron chi connectivity index (χ1n) is 19.5. The summed E-state index contributed by atoms with van der Waals surface area (Å²) in [6, 6.07) is 62.7. The van der Waals surface area contributed by atoms with Crippen LogP contribution in [0.3, 0.4) is 0 Å². The van der Waals surface area contributed by atoms with Gasteiger partial charge in [-0.15, -0.1) is 11.3 Å². The molecule has 0 saturated heterocycles. The molecule has 10 aromatic rings. The lowest BCUT2D eigenvalue weighted by atomic mass is 9.74. The monoisotopic (exact) mass is 735 g/mol. The fraction of sp³-hybridized carbons (Fsp3) is 0.0943. The average molecular weight is 736 g/mol. The van der Waals surface area contributed by atoms with E-state index < -0.39 is 0 Å². The summed E-state index contributed by atoms with van der Waals surface area (Å²) in [7, 11) is 0. The van der Waals surface area contributed by atoms with Crippen LogP contribution in [0.2, 0.25) is 0 Å². The number of hydrogen-bond acceptors (Lipinski definition) is 3. The number of benzene rings is 8. The Kier molecular flexibility index (Phi) is 6.44. The number of fused-ring (bicyclic) bond motifs is 12. The maximum atomic E-state index is 6.95. The van der Waals surface area contributed by atoms with Crippen LogP contribution < -0.4 is 4.90 Å². The van der Waals surface area contributed by atoms with E-state index in [2.05, 4.69) is 196 Å². The second-order valence-electron chi connectivity index (χ2n) is 16.2. The largest absolute Gasteiger partial charge is 0.456 e. The molecule has 2 aliphatic rings. The molecule has 2 aromatic heterocycles. The summed E-state index contributed by atoms with van der Waals surface area (Å²) in [4.78, 5) is 2.48. The van der Waals surface area contributed by atoms with Crippen molar-refractivity contribution in [3.05, 3.63) is 198 Å². The number of para-hydroxylation sites is 1. The Morgan fingerprint density at radius 1 is 0.446 bits per heavy atom. The molecule has 3 heteroatoms. The molecule has 0 aliphatic heterocycles. The van der Waals surface area contributed by atoms with Crippen molar-refractivity contribution in [2.45, 2.75) is 31.6 Å². The number of thiophene rings is 1. The molecule has 0 amide bonds. The smallest absolute Gasteiger partial charge is 0.139 e. The third kappa shape index (κ3) is 4.16. The standard InChI is InChI=1S/C53H37NOS/c1-52(2)42-20-8-4-14-34(42)37-28-26-33(31-46(37)52)54(47-24-13-19-40-38-17-7-11-25-49(38)56-51(40)47)32-27-29-48-41(30-32)39-18-12-23-45(50(39)55-48)53(3)43-21-9-5-15-35(43)36-16-6-10-22-44(36)53/h4-31H,1-3H3. The molecular weight excluding hydrogens is 699 g/mol. The highest BCUT2D eigenvalue weighted by Gasteiger charge is 2.42. The van der Waals surface area contributed by atoms with Gasteiger partial charge in [0.05, 0.1) is 10.4 Å². The molecule has 0 saturated carbocycles. The third-order valence-corrected chi connectivity index (χ3v) is 14.2. The van der Waals surface area contributed by atoms with Crippen LogP contribution in [0.4, 0.5) is 17.1 Å². The quantitative estimate of drug-likeness (QED) is 0.179. The Morgan fingerprint density at radius 3 is 1.80 bits per heavy atom. The molecule has 266 valence electrons. The van der Waals surface area contributed by atoms with E-state index in [-0.39, 0.29) is 10.8 Å². The van der Waals surface area contributed by atoms with Crippen LogP contribution in [0.15, 0.2) is 174 Å². The van der Waals surface area contributed by atoms with Gasteiger partial charge in [-0.1, -0.05) is 141 Å². The van der Waals surface area contributed by atoms with Crippen LogP contribution >= 0.6 is 11.3 Å². The lowest BCUT2D eigenvalue weighted by Gasteiger charge is -2.28. The molecule has 12 rings (SSSR count). The molecule has 8 aromatic carbocycles. The van der Waals surface area contributed by atoms with Gasteiger partial charge in [0.1, 0.15) is 11.2 Å². The van der Waals surface area contributed by atoms with E-state index in [1.807, 2.05) is 11.3 Å². The van der Waals surface area contributed by atoms with Gasteiger partial charge in [0.2, 0.25) is 0 Å². The Bertz CT molecular complexity index is 3220. The lowest BCUT2D eigenvalue weighted by Crippen LogP contribution is -2.22. The second kappa shape index (κ2) is 11.3. The van der Waals surface area contributed by atoms with Gasteiger partial charge in [-0.2, -0.15) is 0 Å². The van der Waals surface area contributed by atoms with Gasteiger partial charge in [0.15, 0.2) is 0 Å². The number of anilines is 3. The summed E-state index contributed by atoms with van der Waals surface area (Å²) >= 11 is 1.87. The summed E-state index contributed by atoms with van der Waals surface area (Å²) in [5, 5.41) is 4.83. The predicted molar refractivity (Wildman–Crippen MR) is 236 cm³/mol. The minimum Gasteiger partial charge on any atom is -0.456 e. The molecule has 0 atom stereocenters. The van der Waals surface area contributed by atoms with Crippen LogP contribution in [0.1, 0.15) is 48.6 Å². The SMILES string of the molecule is CC1(C)c2ccccc2-c2ccc(N(c3ccc4oc5c(C6(C)c7ccccc7-c7ccccc76)cccc5c4c3)c3cccc4c3sc3ccccc34)cc21. The van der Waals surface area contributed by atoms with E-state index in [0.29, 0.717) is 0 Å². The van der Waals surface area contributed by atoms with Crippen molar-refractivity contribution in [2.24, 2.45) is 0 Å². The fourth-order valence-corrected chi connectivity index (χ4v) is 11.4. The zero-order chi connectivity index (χ0) is 37.3. The highest BCUT2D eigenvalue weighted by Crippen LogP contribution is 2.55. The van der Waals surface area contributed by atoms with E-state index in [4.69, 9.17) is 4.42 Å². The highest BCUT2D eigenvalue weighted by molar-refractivity contribution is 7.26. The molecule has 0 fully saturated rings. The van der Waals surface area contributed by atoms with Crippen molar-refractivity contribution in [3.63, 3.8) is 0 Å². The first-order chi connectivity index (χ1) is 27.4. The van der Waals surface area contributed by atoms with Gasteiger partial charge in [-0.3, -0.25) is 0 Å². The van der Waals surface area contributed by atoms with Crippen molar-refractivity contribution in [3.8, 4) is 22.3 Å². The van der Waals surface area contributed by atoms with Gasteiger partial charge in [-0.05, 0) is 93.9 Å².